The zero-order valence-corrected chi connectivity index (χ0v) is 10.6. The van der Waals surface area contributed by atoms with E-state index >= 15 is 0 Å². The number of hydrogen-bond acceptors (Lipinski definition) is 2. The van der Waals surface area contributed by atoms with E-state index in [9.17, 15) is 0 Å². The van der Waals surface area contributed by atoms with E-state index in [-0.39, 0.29) is 0 Å². The van der Waals surface area contributed by atoms with Crippen LogP contribution in [0.1, 0.15) is 52.4 Å². The lowest BCUT2D eigenvalue weighted by Crippen LogP contribution is -2.37. The standard InChI is InChI=1S/C13H28N2/c1-3-5-6-7-11-15(4-2)12-13-9-8-10-14-13/h13-14H,3-12H2,1-2H3. The van der Waals surface area contributed by atoms with Crippen LogP contribution in [0, 0.1) is 0 Å². The van der Waals surface area contributed by atoms with Crippen LogP contribution >= 0.6 is 0 Å². The number of nitrogens with one attached hydrogen (secondary N) is 1. The molecule has 0 saturated carbocycles. The average molecular weight is 212 g/mol. The normalized spacial score (nSPS) is 21.4. The van der Waals surface area contributed by atoms with Crippen molar-refractivity contribution in [2.24, 2.45) is 0 Å². The number of rotatable bonds is 8. The van der Waals surface area contributed by atoms with E-state index in [2.05, 4.69) is 24.1 Å². The molecule has 0 radical (unpaired) electrons. The summed E-state index contributed by atoms with van der Waals surface area (Å²) in [6.07, 6.45) is 8.29. The summed E-state index contributed by atoms with van der Waals surface area (Å²) < 4.78 is 0. The largest absolute Gasteiger partial charge is 0.313 e. The van der Waals surface area contributed by atoms with Gasteiger partial charge in [0, 0.05) is 12.6 Å². The van der Waals surface area contributed by atoms with Crippen LogP contribution in [0.2, 0.25) is 0 Å². The third-order valence-electron chi connectivity index (χ3n) is 3.42. The second kappa shape index (κ2) is 8.12. The van der Waals surface area contributed by atoms with Crippen molar-refractivity contribution in [2.45, 2.75) is 58.4 Å². The Balaban J connectivity index is 2.06. The lowest BCUT2D eigenvalue weighted by atomic mass is 10.1. The molecule has 1 aliphatic heterocycles. The van der Waals surface area contributed by atoms with Crippen LogP contribution in [0.3, 0.4) is 0 Å². The maximum atomic E-state index is 3.58. The van der Waals surface area contributed by atoms with Gasteiger partial charge in [0.25, 0.3) is 0 Å². The monoisotopic (exact) mass is 212 g/mol. The Bertz CT molecular complexity index is 141. The summed E-state index contributed by atoms with van der Waals surface area (Å²) >= 11 is 0. The number of unbranched alkanes of at least 4 members (excludes halogenated alkanes) is 3. The molecule has 1 aliphatic rings. The van der Waals surface area contributed by atoms with E-state index in [1.54, 1.807) is 0 Å². The Morgan fingerprint density at radius 3 is 2.67 bits per heavy atom. The van der Waals surface area contributed by atoms with E-state index in [1.807, 2.05) is 0 Å². The molecule has 1 fully saturated rings. The van der Waals surface area contributed by atoms with Gasteiger partial charge in [0.1, 0.15) is 0 Å². The van der Waals surface area contributed by atoms with E-state index in [0.717, 1.165) is 6.04 Å². The summed E-state index contributed by atoms with van der Waals surface area (Å²) in [7, 11) is 0. The molecule has 2 nitrogen and oxygen atoms in total. The average Bonchev–Trinajstić information content (AvgIpc) is 2.75. The van der Waals surface area contributed by atoms with E-state index in [4.69, 9.17) is 0 Å². The van der Waals surface area contributed by atoms with Crippen LogP contribution in [0.15, 0.2) is 0 Å². The van der Waals surface area contributed by atoms with Gasteiger partial charge in [-0.05, 0) is 38.9 Å². The summed E-state index contributed by atoms with van der Waals surface area (Å²) in [6.45, 7) is 9.58. The van der Waals surface area contributed by atoms with Crippen molar-refractivity contribution in [1.82, 2.24) is 10.2 Å². The molecule has 1 heterocycles. The van der Waals surface area contributed by atoms with Crippen molar-refractivity contribution >= 4 is 0 Å². The second-order valence-corrected chi connectivity index (χ2v) is 4.75. The minimum Gasteiger partial charge on any atom is -0.313 e. The molecule has 0 amide bonds. The fourth-order valence-corrected chi connectivity index (χ4v) is 2.36. The third kappa shape index (κ3) is 5.53. The van der Waals surface area contributed by atoms with Crippen LogP contribution in [-0.2, 0) is 0 Å². The molecule has 2 heteroatoms. The molecule has 1 rings (SSSR count). The summed E-state index contributed by atoms with van der Waals surface area (Å²) in [5.41, 5.74) is 0. The molecular weight excluding hydrogens is 184 g/mol. The fourth-order valence-electron chi connectivity index (χ4n) is 2.36. The van der Waals surface area contributed by atoms with Crippen LogP contribution < -0.4 is 5.32 Å². The molecule has 15 heavy (non-hydrogen) atoms. The Kier molecular flexibility index (Phi) is 7.03. The summed E-state index contributed by atoms with van der Waals surface area (Å²) in [5.74, 6) is 0. The van der Waals surface area contributed by atoms with E-state index in [0.29, 0.717) is 0 Å². The molecule has 0 aromatic carbocycles. The highest BCUT2D eigenvalue weighted by atomic mass is 15.1. The van der Waals surface area contributed by atoms with Gasteiger partial charge in [0.2, 0.25) is 0 Å². The van der Waals surface area contributed by atoms with Crippen LogP contribution in [0.4, 0.5) is 0 Å². The zero-order valence-electron chi connectivity index (χ0n) is 10.6. The quantitative estimate of drug-likeness (QED) is 0.622. The van der Waals surface area contributed by atoms with Gasteiger partial charge in [-0.25, -0.2) is 0 Å². The predicted molar refractivity (Wildman–Crippen MR) is 67.3 cm³/mol. The summed E-state index contributed by atoms with van der Waals surface area (Å²) in [5, 5.41) is 3.58. The van der Waals surface area contributed by atoms with E-state index in [1.165, 1.54) is 64.7 Å². The third-order valence-corrected chi connectivity index (χ3v) is 3.42. The van der Waals surface area contributed by atoms with Crippen molar-refractivity contribution in [2.75, 3.05) is 26.2 Å². The molecule has 1 saturated heterocycles. The Labute approximate surface area is 95.4 Å². The van der Waals surface area contributed by atoms with Gasteiger partial charge in [0.05, 0.1) is 0 Å². The van der Waals surface area contributed by atoms with Gasteiger partial charge in [0.15, 0.2) is 0 Å². The number of nitrogens with zero attached hydrogens (tertiary/aromatic N) is 1. The highest BCUT2D eigenvalue weighted by molar-refractivity contribution is 4.77. The molecule has 0 aromatic heterocycles. The van der Waals surface area contributed by atoms with Crippen LogP contribution in [-0.4, -0.2) is 37.1 Å². The maximum Gasteiger partial charge on any atom is 0.0195 e. The molecular formula is C13H28N2. The van der Waals surface area contributed by atoms with Crippen LogP contribution in [0.25, 0.3) is 0 Å². The fraction of sp³-hybridized carbons (Fsp3) is 1.00. The zero-order chi connectivity index (χ0) is 10.9. The maximum absolute atomic E-state index is 3.58. The van der Waals surface area contributed by atoms with Gasteiger partial charge in [-0.3, -0.25) is 0 Å². The lowest BCUT2D eigenvalue weighted by Gasteiger charge is -2.24. The smallest absolute Gasteiger partial charge is 0.0195 e. The highest BCUT2D eigenvalue weighted by Crippen LogP contribution is 2.08. The Morgan fingerprint density at radius 2 is 2.07 bits per heavy atom. The van der Waals surface area contributed by atoms with E-state index < -0.39 is 0 Å². The van der Waals surface area contributed by atoms with Crippen molar-refractivity contribution in [3.63, 3.8) is 0 Å². The van der Waals surface area contributed by atoms with Crippen molar-refractivity contribution in [3.8, 4) is 0 Å². The topological polar surface area (TPSA) is 15.3 Å². The highest BCUT2D eigenvalue weighted by Gasteiger charge is 2.16. The summed E-state index contributed by atoms with van der Waals surface area (Å²) in [6, 6.07) is 0.774. The predicted octanol–water partition coefficient (Wildman–Crippen LogP) is 2.64. The first-order valence-electron chi connectivity index (χ1n) is 6.82. The SMILES string of the molecule is CCCCCCN(CC)CC1CCCN1. The van der Waals surface area contributed by atoms with Gasteiger partial charge in [-0.1, -0.05) is 33.1 Å². The van der Waals surface area contributed by atoms with Gasteiger partial charge in [-0.2, -0.15) is 0 Å². The Morgan fingerprint density at radius 1 is 1.20 bits per heavy atom. The first kappa shape index (κ1) is 13.0. The molecule has 1 atom stereocenters. The van der Waals surface area contributed by atoms with Gasteiger partial charge in [-0.15, -0.1) is 0 Å². The molecule has 1 N–H and O–H groups in total. The minimum absolute atomic E-state index is 0.774. The van der Waals surface area contributed by atoms with Crippen molar-refractivity contribution in [3.05, 3.63) is 0 Å². The molecule has 90 valence electrons. The molecule has 0 aliphatic carbocycles. The number of hydrogen-bond donors (Lipinski definition) is 1. The second-order valence-electron chi connectivity index (χ2n) is 4.75. The number of likely N-dealkylation sites (N-methyl/N-ethyl adjacent to an activating group) is 1. The van der Waals surface area contributed by atoms with Gasteiger partial charge < -0.3 is 10.2 Å². The molecule has 0 aromatic rings. The first-order chi connectivity index (χ1) is 7.36. The lowest BCUT2D eigenvalue weighted by molar-refractivity contribution is 0.255. The first-order valence-corrected chi connectivity index (χ1v) is 6.82. The Hall–Kier alpha value is -0.0800. The minimum atomic E-state index is 0.774. The molecule has 0 spiro atoms. The van der Waals surface area contributed by atoms with Gasteiger partial charge >= 0.3 is 0 Å². The molecule has 0 bridgehead atoms. The summed E-state index contributed by atoms with van der Waals surface area (Å²) in [4.78, 5) is 2.61. The molecule has 1 unspecified atom stereocenters. The van der Waals surface area contributed by atoms with Crippen molar-refractivity contribution < 1.29 is 0 Å². The van der Waals surface area contributed by atoms with Crippen LogP contribution in [0.5, 0.6) is 0 Å². The van der Waals surface area contributed by atoms with Crippen molar-refractivity contribution in [1.29, 1.82) is 0 Å².